The molecule has 14 nitrogen and oxygen atoms in total. The average molecular weight is 844 g/mol. The Morgan fingerprint density at radius 1 is 0.900 bits per heavy atom. The standard InChI is InChI=1S/C46H69NO13/c1-25-17-35-40-37(23-44(58-40)28(4)16-26(2)24-47-44)56-43(20-25,55-35)21-27(3)39-30(6)32(48)22-45(52,59-39)41(51)36-19-34-33(53-36)18-29(5)46(57-34)15-14-42(60-46)13-9-11-31(54-42)10-7-8-12-38(49)50/h7,9-10,13,25-26,28-37,39-41,47-48,51-52H,3,8,11-12,14-24H2,1-2,4-6H3,(H,49,50)/b10-7+/t25-,26+,28-,29+,30+,31-,32+,33+,34+,35-,36-,37+,39-,40+,41+,42+,43-,44-,45-,46-/m1/s1. The van der Waals surface area contributed by atoms with Crippen LogP contribution < -0.4 is 5.32 Å². The highest BCUT2D eigenvalue weighted by Gasteiger charge is 2.64. The lowest BCUT2D eigenvalue weighted by atomic mass is 9.78. The van der Waals surface area contributed by atoms with Crippen molar-refractivity contribution in [2.75, 3.05) is 6.54 Å². The van der Waals surface area contributed by atoms with E-state index in [1.54, 1.807) is 0 Å². The molecule has 0 aromatic carbocycles. The summed E-state index contributed by atoms with van der Waals surface area (Å²) in [7, 11) is 0. The van der Waals surface area contributed by atoms with Gasteiger partial charge in [0.25, 0.3) is 0 Å². The van der Waals surface area contributed by atoms with E-state index >= 15 is 0 Å². The van der Waals surface area contributed by atoms with Crippen LogP contribution in [0.4, 0.5) is 0 Å². The van der Waals surface area contributed by atoms with E-state index in [4.69, 9.17) is 43.0 Å². The highest BCUT2D eigenvalue weighted by Crippen LogP contribution is 2.55. The van der Waals surface area contributed by atoms with Crippen LogP contribution in [0.1, 0.15) is 118 Å². The molecule has 0 aliphatic carbocycles. The number of carboxylic acid groups (broad SMARTS) is 1. The largest absolute Gasteiger partial charge is 0.481 e. The molecule has 2 bridgehead atoms. The molecular weight excluding hydrogens is 775 g/mol. The maximum Gasteiger partial charge on any atom is 0.303 e. The maximum atomic E-state index is 12.2. The second-order valence-corrected chi connectivity index (χ2v) is 20.5. The fraction of sp³-hybridized carbons (Fsp3) is 0.848. The number of carbonyl (C=O) groups is 1. The lowest BCUT2D eigenvalue weighted by Crippen LogP contribution is -2.61. The van der Waals surface area contributed by atoms with E-state index in [0.717, 1.165) is 25.8 Å². The molecule has 0 saturated carbocycles. The van der Waals surface area contributed by atoms with Crippen LogP contribution in [0.2, 0.25) is 0 Å². The fourth-order valence-corrected chi connectivity index (χ4v) is 12.4. The number of piperidine rings is 1. The van der Waals surface area contributed by atoms with E-state index in [2.05, 4.69) is 39.6 Å². The molecular formula is C46H69NO13. The summed E-state index contributed by atoms with van der Waals surface area (Å²) in [6.45, 7) is 16.1. The first-order valence-corrected chi connectivity index (χ1v) is 22.9. The molecule has 0 aromatic rings. The number of aliphatic hydroxyl groups is 3. The Hall–Kier alpha value is -1.79. The molecule has 3 spiro atoms. The van der Waals surface area contributed by atoms with Gasteiger partial charge in [-0.15, -0.1) is 0 Å². The zero-order valence-electron chi connectivity index (χ0n) is 36.0. The molecule has 9 rings (SSSR count). The van der Waals surface area contributed by atoms with Crippen LogP contribution in [0.25, 0.3) is 0 Å². The molecule has 0 unspecified atom stereocenters. The lowest BCUT2D eigenvalue weighted by Gasteiger charge is -2.53. The number of carboxylic acids is 1. The van der Waals surface area contributed by atoms with E-state index in [0.29, 0.717) is 74.7 Å². The number of ether oxygens (including phenoxy) is 8. The van der Waals surface area contributed by atoms with Crippen LogP contribution in [-0.4, -0.2) is 123 Å². The van der Waals surface area contributed by atoms with Crippen molar-refractivity contribution in [2.24, 2.45) is 29.6 Å². The van der Waals surface area contributed by atoms with Crippen LogP contribution in [0, 0.1) is 29.6 Å². The first kappa shape index (κ1) is 43.5. The molecule has 0 aromatic heterocycles. The van der Waals surface area contributed by atoms with Gasteiger partial charge in [-0.3, -0.25) is 10.1 Å². The number of hydrogen-bond acceptors (Lipinski definition) is 13. The van der Waals surface area contributed by atoms with Crippen LogP contribution in [0.5, 0.6) is 0 Å². The number of allylic oxidation sites excluding steroid dienone is 1. The van der Waals surface area contributed by atoms with Crippen LogP contribution in [0.3, 0.4) is 0 Å². The predicted molar refractivity (Wildman–Crippen MR) is 216 cm³/mol. The van der Waals surface area contributed by atoms with Gasteiger partial charge in [-0.05, 0) is 61.5 Å². The van der Waals surface area contributed by atoms with E-state index in [9.17, 15) is 20.1 Å². The third-order valence-corrected chi connectivity index (χ3v) is 15.6. The molecule has 5 N–H and O–H groups in total. The van der Waals surface area contributed by atoms with Crippen LogP contribution in [-0.2, 0) is 42.7 Å². The normalized spacial score (nSPS) is 52.9. The van der Waals surface area contributed by atoms with Crippen molar-refractivity contribution in [1.29, 1.82) is 0 Å². The molecule has 60 heavy (non-hydrogen) atoms. The van der Waals surface area contributed by atoms with Crippen molar-refractivity contribution >= 4 is 5.97 Å². The van der Waals surface area contributed by atoms with Gasteiger partial charge in [-0.1, -0.05) is 59.4 Å². The molecule has 336 valence electrons. The second kappa shape index (κ2) is 16.0. The molecule has 9 aliphatic heterocycles. The lowest BCUT2D eigenvalue weighted by molar-refractivity contribution is -0.367. The Morgan fingerprint density at radius 2 is 1.70 bits per heavy atom. The molecule has 9 heterocycles. The molecule has 0 amide bonds. The summed E-state index contributed by atoms with van der Waals surface area (Å²) >= 11 is 0. The van der Waals surface area contributed by atoms with Gasteiger partial charge in [0.2, 0.25) is 0 Å². The zero-order chi connectivity index (χ0) is 42.4. The van der Waals surface area contributed by atoms with Crippen molar-refractivity contribution in [3.05, 3.63) is 36.5 Å². The van der Waals surface area contributed by atoms with E-state index in [-0.39, 0.29) is 49.3 Å². The number of rotatable bonds is 9. The monoisotopic (exact) mass is 843 g/mol. The first-order chi connectivity index (χ1) is 28.4. The molecule has 8 saturated heterocycles. The SMILES string of the molecule is C=C(C[C@]12C[C@H](C)C[C@@H](O1)[C@@H]1O[C@@]3(C[C@@H]1O2)NC[C@@H](C)C[C@H]3C)[C@H]1O[C@@](O)([C@@H](O)[C@H]2C[C@@H]3O[C@@]4(CC[C@]5(C=CC[C@@H](/C=C/CCC(=O)O)O5)O4)[C@@H](C)C[C@@H]3O2)C[C@H](O)[C@@H]1C. The number of aliphatic hydroxyl groups excluding tert-OH is 2. The van der Waals surface area contributed by atoms with Gasteiger partial charge >= 0.3 is 5.97 Å². The van der Waals surface area contributed by atoms with Crippen molar-refractivity contribution in [3.8, 4) is 0 Å². The Morgan fingerprint density at radius 3 is 2.48 bits per heavy atom. The maximum absolute atomic E-state index is 12.2. The predicted octanol–water partition coefficient (Wildman–Crippen LogP) is 4.98. The van der Waals surface area contributed by atoms with Gasteiger partial charge in [-0.25, -0.2) is 0 Å². The summed E-state index contributed by atoms with van der Waals surface area (Å²) in [6.07, 6.45) is 9.04. The minimum atomic E-state index is -2.12. The molecule has 8 fully saturated rings. The molecule has 9 aliphatic rings. The van der Waals surface area contributed by atoms with E-state index < -0.39 is 71.3 Å². The van der Waals surface area contributed by atoms with Gasteiger partial charge in [0.1, 0.15) is 17.9 Å². The van der Waals surface area contributed by atoms with Crippen LogP contribution >= 0.6 is 0 Å². The Bertz CT molecular complexity index is 1690. The number of fused-ring (bicyclic) bond motifs is 5. The highest BCUT2D eigenvalue weighted by molar-refractivity contribution is 5.66. The number of aliphatic carboxylic acids is 1. The first-order valence-electron chi connectivity index (χ1n) is 22.9. The summed E-state index contributed by atoms with van der Waals surface area (Å²) in [5.74, 6) is -5.03. The smallest absolute Gasteiger partial charge is 0.303 e. The third kappa shape index (κ3) is 7.91. The Labute approximate surface area is 354 Å². The average Bonchev–Trinajstić information content (AvgIpc) is 3.87. The minimum Gasteiger partial charge on any atom is -0.481 e. The highest BCUT2D eigenvalue weighted by atomic mass is 16.8. The summed E-state index contributed by atoms with van der Waals surface area (Å²) < 4.78 is 53.6. The third-order valence-electron chi connectivity index (χ3n) is 15.6. The zero-order valence-corrected chi connectivity index (χ0v) is 36.0. The minimum absolute atomic E-state index is 0.0600. The molecule has 14 heteroatoms. The van der Waals surface area contributed by atoms with Gasteiger partial charge in [0, 0.05) is 69.7 Å². The second-order valence-electron chi connectivity index (χ2n) is 20.5. The van der Waals surface area contributed by atoms with Crippen molar-refractivity contribution in [3.63, 3.8) is 0 Å². The number of nitrogens with one attached hydrogen (secondary N) is 1. The molecule has 20 atom stereocenters. The van der Waals surface area contributed by atoms with Gasteiger partial charge in [-0.2, -0.15) is 0 Å². The Kier molecular flexibility index (Phi) is 11.6. The summed E-state index contributed by atoms with van der Waals surface area (Å²) in [6, 6.07) is 0. The Balaban J connectivity index is 0.846. The molecule has 0 radical (unpaired) electrons. The van der Waals surface area contributed by atoms with Crippen molar-refractivity contribution in [1.82, 2.24) is 5.32 Å². The quantitative estimate of drug-likeness (QED) is 0.196. The summed E-state index contributed by atoms with van der Waals surface area (Å²) in [5.41, 5.74) is 0.196. The topological polar surface area (TPSA) is 184 Å². The van der Waals surface area contributed by atoms with Crippen LogP contribution in [0.15, 0.2) is 36.5 Å². The van der Waals surface area contributed by atoms with Gasteiger partial charge in [0.15, 0.2) is 23.1 Å². The number of hydrogen-bond donors (Lipinski definition) is 5. The van der Waals surface area contributed by atoms with Gasteiger partial charge in [0.05, 0.1) is 48.8 Å². The fourth-order valence-electron chi connectivity index (χ4n) is 12.4. The summed E-state index contributed by atoms with van der Waals surface area (Å²) in [4.78, 5) is 10.9. The van der Waals surface area contributed by atoms with E-state index in [1.807, 2.05) is 31.2 Å². The van der Waals surface area contributed by atoms with E-state index in [1.165, 1.54) is 0 Å². The van der Waals surface area contributed by atoms with Crippen molar-refractivity contribution < 1.29 is 63.1 Å². The van der Waals surface area contributed by atoms with Crippen molar-refractivity contribution in [2.45, 2.75) is 208 Å². The van der Waals surface area contributed by atoms with Gasteiger partial charge < -0.3 is 58.3 Å². The summed E-state index contributed by atoms with van der Waals surface area (Å²) in [5, 5.41) is 48.3.